The highest BCUT2D eigenvalue weighted by Crippen LogP contribution is 2.44. The third kappa shape index (κ3) is 8.96. The Morgan fingerprint density at radius 3 is 2.51 bits per heavy atom. The molecule has 0 radical (unpaired) electrons. The van der Waals surface area contributed by atoms with E-state index in [1.807, 2.05) is 0 Å². The molecule has 2 aliphatic heterocycles. The number of piperidine rings is 1. The zero-order chi connectivity index (χ0) is 25.8. The molecule has 2 aliphatic rings. The number of aliphatic hydroxyl groups excluding tert-OH is 1. The number of nitrogens with zero attached hydrogens (tertiary/aromatic N) is 5. The summed E-state index contributed by atoms with van der Waals surface area (Å²) in [6, 6.07) is 0. The molecule has 35 heavy (non-hydrogen) atoms. The molecular weight excluding hydrogens is 524 g/mol. The highest BCUT2D eigenvalue weighted by atomic mass is 35.5. The predicted octanol–water partition coefficient (Wildman–Crippen LogP) is 2.12. The fourth-order valence-corrected chi connectivity index (χ4v) is 5.44. The maximum Gasteiger partial charge on any atom is 0.292 e. The Kier molecular flexibility index (Phi) is 13.5. The van der Waals surface area contributed by atoms with Gasteiger partial charge in [0.25, 0.3) is 6.47 Å². The first-order chi connectivity index (χ1) is 16.9. The molecule has 0 bridgehead atoms. The van der Waals surface area contributed by atoms with E-state index in [-0.39, 0.29) is 30.1 Å². The minimum Gasteiger partial charge on any atom is -0.471 e. The van der Waals surface area contributed by atoms with Crippen molar-refractivity contribution < 1.29 is 38.6 Å². The van der Waals surface area contributed by atoms with Crippen LogP contribution in [0.3, 0.4) is 0 Å². The molecule has 0 saturated carbocycles. The van der Waals surface area contributed by atoms with Crippen LogP contribution in [0.25, 0.3) is 11.0 Å². The molecule has 2 fully saturated rings. The van der Waals surface area contributed by atoms with Gasteiger partial charge in [0.2, 0.25) is 5.28 Å². The van der Waals surface area contributed by atoms with E-state index in [1.165, 1.54) is 13.5 Å². The van der Waals surface area contributed by atoms with Crippen LogP contribution in [-0.4, -0.2) is 91.9 Å². The number of fused-ring (bicyclic) bond motifs is 1. The number of aromatic nitrogens is 4. The van der Waals surface area contributed by atoms with Gasteiger partial charge in [-0.25, -0.2) is 4.68 Å². The summed E-state index contributed by atoms with van der Waals surface area (Å²) in [5.41, 5.74) is 0.646. The molecule has 0 amide bonds. The summed E-state index contributed by atoms with van der Waals surface area (Å²) < 4.78 is 16.9. The van der Waals surface area contributed by atoms with Crippen LogP contribution in [0.5, 0.6) is 0 Å². The molecule has 4 rings (SSSR count). The van der Waals surface area contributed by atoms with Gasteiger partial charge in [0.05, 0.1) is 37.3 Å². The number of ether oxygens (including phenoxy) is 2. The number of rotatable bonds is 8. The third-order valence-electron chi connectivity index (χ3n) is 5.17. The lowest BCUT2D eigenvalue weighted by molar-refractivity contribution is -0.126. The van der Waals surface area contributed by atoms with Crippen LogP contribution in [0.15, 0.2) is 6.20 Å². The monoisotopic (exact) mass is 555 g/mol. The van der Waals surface area contributed by atoms with Crippen LogP contribution in [0, 0.1) is 0 Å². The Morgan fingerprint density at radius 2 is 1.89 bits per heavy atom. The Labute approximate surface area is 210 Å². The Balaban J connectivity index is 0.000000655. The van der Waals surface area contributed by atoms with Gasteiger partial charge in [0.15, 0.2) is 28.6 Å². The molecule has 0 aromatic carbocycles. The van der Waals surface area contributed by atoms with Gasteiger partial charge in [-0.2, -0.15) is 15.1 Å². The van der Waals surface area contributed by atoms with Gasteiger partial charge < -0.3 is 38.7 Å². The lowest BCUT2D eigenvalue weighted by Crippen LogP contribution is -2.30. The average molecular weight is 556 g/mol. The molecule has 0 aliphatic carbocycles. The van der Waals surface area contributed by atoms with Gasteiger partial charge in [-0.15, -0.1) is 0 Å². The fraction of sp³-hybridized carbons (Fsp3) is 0.684. The Hall–Kier alpha value is -1.27. The minimum absolute atomic E-state index is 0.140. The predicted molar refractivity (Wildman–Crippen MR) is 132 cm³/mol. The summed E-state index contributed by atoms with van der Waals surface area (Å²) in [6.07, 6.45) is 6.20. The van der Waals surface area contributed by atoms with E-state index < -0.39 is 16.8 Å². The molecule has 4 heterocycles. The summed E-state index contributed by atoms with van der Waals surface area (Å²) in [7, 11) is -1.71. The summed E-state index contributed by atoms with van der Waals surface area (Å²) in [5, 5.41) is 12.5. The van der Waals surface area contributed by atoms with Crippen molar-refractivity contribution >= 4 is 51.7 Å². The van der Waals surface area contributed by atoms with Crippen LogP contribution in [0.4, 0.5) is 5.82 Å². The van der Waals surface area contributed by atoms with Crippen molar-refractivity contribution in [1.29, 1.82) is 0 Å². The number of carbonyl (C=O) groups excluding carboxylic acids is 1. The van der Waals surface area contributed by atoms with Gasteiger partial charge in [-0.05, 0) is 43.7 Å². The number of anilines is 1. The lowest BCUT2D eigenvalue weighted by Gasteiger charge is -2.28. The zero-order valence-corrected chi connectivity index (χ0v) is 22.1. The van der Waals surface area contributed by atoms with E-state index in [1.54, 1.807) is 10.9 Å². The summed E-state index contributed by atoms with van der Waals surface area (Å²) in [6.45, 7) is 2.46. The van der Waals surface area contributed by atoms with E-state index in [2.05, 4.69) is 24.7 Å². The molecule has 2 saturated heterocycles. The zero-order valence-electron chi connectivity index (χ0n) is 19.6. The second-order valence-electron chi connectivity index (χ2n) is 7.47. The van der Waals surface area contributed by atoms with Gasteiger partial charge in [-0.3, -0.25) is 4.79 Å². The number of aliphatic hydroxyl groups is 1. The van der Waals surface area contributed by atoms with E-state index >= 15 is 0 Å². The smallest absolute Gasteiger partial charge is 0.292 e. The maximum atomic E-state index is 9.69. The van der Waals surface area contributed by atoms with Crippen LogP contribution >= 0.6 is 28.4 Å². The second kappa shape index (κ2) is 15.8. The highest BCUT2D eigenvalue weighted by molar-refractivity contribution is 7.63. The van der Waals surface area contributed by atoms with E-state index in [9.17, 15) is 4.89 Å². The molecule has 198 valence electrons. The van der Waals surface area contributed by atoms with Crippen molar-refractivity contribution in [2.24, 2.45) is 0 Å². The van der Waals surface area contributed by atoms with Gasteiger partial charge in [-0.1, -0.05) is 0 Å². The number of methoxy groups -OCH3 is 1. The summed E-state index contributed by atoms with van der Waals surface area (Å²) in [4.78, 5) is 47.6. The van der Waals surface area contributed by atoms with Crippen molar-refractivity contribution in [1.82, 2.24) is 19.7 Å². The van der Waals surface area contributed by atoms with E-state index in [0.717, 1.165) is 57.1 Å². The highest BCUT2D eigenvalue weighted by Gasteiger charge is 2.30. The fourth-order valence-electron chi connectivity index (χ4n) is 3.75. The summed E-state index contributed by atoms with van der Waals surface area (Å²) >= 11 is 6.22. The van der Waals surface area contributed by atoms with Crippen LogP contribution in [0.2, 0.25) is 5.28 Å². The third-order valence-corrected chi connectivity index (χ3v) is 7.77. The van der Waals surface area contributed by atoms with Crippen molar-refractivity contribution in [3.8, 4) is 0 Å². The Morgan fingerprint density at radius 1 is 1.20 bits per heavy atom. The first-order valence-electron chi connectivity index (χ1n) is 10.9. The molecule has 3 unspecified atom stereocenters. The second-order valence-corrected chi connectivity index (χ2v) is 10.7. The first-order valence-corrected chi connectivity index (χ1v) is 14.1. The van der Waals surface area contributed by atoms with Crippen LogP contribution in [0.1, 0.15) is 38.3 Å². The normalized spacial score (nSPS) is 20.6. The van der Waals surface area contributed by atoms with Crippen molar-refractivity contribution in [2.45, 2.75) is 44.4 Å². The van der Waals surface area contributed by atoms with Gasteiger partial charge in [0, 0.05) is 20.2 Å². The molecule has 4 N–H and O–H groups in total. The molecule has 16 heteroatoms. The van der Waals surface area contributed by atoms with Crippen molar-refractivity contribution in [3.05, 3.63) is 11.5 Å². The quantitative estimate of drug-likeness (QED) is 0.213. The van der Waals surface area contributed by atoms with E-state index in [0.29, 0.717) is 12.1 Å². The number of halogens is 1. The van der Waals surface area contributed by atoms with Crippen molar-refractivity contribution in [2.75, 3.05) is 44.7 Å². The molecule has 3 atom stereocenters. The molecule has 0 spiro atoms. The topological polar surface area (TPSA) is 173 Å². The van der Waals surface area contributed by atoms with Gasteiger partial charge >= 0.3 is 0 Å². The molecule has 2 aromatic rings. The standard InChI is InChI=1S/C16H24ClN5O5P2.C2H4O2.CH4O/c17-16-19-14(21-6-2-1-3-7-21)12-8-18-22(15(12)20-16)13-5-4-11(27-13)9-26-29(25)10-28(23)24;1-4-2-3;1-2/h8,11,13,23-25H,1-7,9-10H2;2H,1H3;2H,1H3. The molecule has 2 aromatic heterocycles. The largest absolute Gasteiger partial charge is 0.471 e. The molecule has 13 nitrogen and oxygen atoms in total. The van der Waals surface area contributed by atoms with Crippen molar-refractivity contribution in [3.63, 3.8) is 0 Å². The van der Waals surface area contributed by atoms with Crippen LogP contribution < -0.4 is 4.90 Å². The minimum atomic E-state index is -2.17. The van der Waals surface area contributed by atoms with Crippen LogP contribution in [-0.2, 0) is 18.8 Å². The Bertz CT molecular complexity index is 905. The maximum absolute atomic E-state index is 9.69. The SMILES string of the molecule is CO.COC=O.OP(O)CP(O)OCC1CCC(n2ncc3c(N4CCCCC4)nc(Cl)nc32)O1. The molecular formula is C19H32ClN5O8P2. The number of carbonyl (C=O) groups is 1. The number of hydrogen-bond donors (Lipinski definition) is 4. The average Bonchev–Trinajstić information content (AvgIpc) is 3.50. The summed E-state index contributed by atoms with van der Waals surface area (Å²) in [5.74, 6) is 0.679. The first kappa shape index (κ1) is 30.0. The lowest BCUT2D eigenvalue weighted by atomic mass is 10.1. The van der Waals surface area contributed by atoms with Gasteiger partial charge in [0.1, 0.15) is 5.82 Å². The number of hydrogen-bond acceptors (Lipinski definition) is 12. The van der Waals surface area contributed by atoms with E-state index in [4.69, 9.17) is 40.5 Å².